The maximum Gasteiger partial charge on any atom is 0.410 e. The molecule has 3 rings (SSSR count). The molecule has 1 aromatic heterocycles. The Kier molecular flexibility index (Phi) is 4.57. The predicted octanol–water partition coefficient (Wildman–Crippen LogP) is 2.09. The average Bonchev–Trinajstić information content (AvgIpc) is 2.84. The molecule has 27 heavy (non-hydrogen) atoms. The number of likely N-dealkylation sites (tertiary alicyclic amines) is 1. The number of rotatable bonds is 2. The summed E-state index contributed by atoms with van der Waals surface area (Å²) in [6, 6.07) is 2.70. The number of carboxylic acid groups (broad SMARTS) is 1. The SMILES string of the molecule is CC(C)(C)OC(=O)N1CC[C@]2(F)C(=O)N(c3ccc(C(=O)O)cn3)C[C@@H]2C1. The number of ether oxygens (including phenoxy) is 1. The highest BCUT2D eigenvalue weighted by atomic mass is 19.1. The minimum absolute atomic E-state index is 0.0196. The minimum Gasteiger partial charge on any atom is -0.478 e. The molecule has 0 unspecified atom stereocenters. The summed E-state index contributed by atoms with van der Waals surface area (Å²) in [4.78, 5) is 42.4. The lowest BCUT2D eigenvalue weighted by Gasteiger charge is -2.37. The van der Waals surface area contributed by atoms with E-state index in [9.17, 15) is 14.4 Å². The molecule has 0 saturated carbocycles. The first kappa shape index (κ1) is 19.1. The summed E-state index contributed by atoms with van der Waals surface area (Å²) in [5, 5.41) is 8.93. The molecule has 0 bridgehead atoms. The summed E-state index contributed by atoms with van der Waals surface area (Å²) in [6.45, 7) is 5.48. The largest absolute Gasteiger partial charge is 0.478 e. The van der Waals surface area contributed by atoms with Gasteiger partial charge in [0.1, 0.15) is 11.4 Å². The molecule has 1 aromatic rings. The maximum absolute atomic E-state index is 15.4. The molecule has 1 N–H and O–H groups in total. The van der Waals surface area contributed by atoms with Crippen molar-refractivity contribution >= 4 is 23.8 Å². The fraction of sp³-hybridized carbons (Fsp3) is 0.556. The van der Waals surface area contributed by atoms with Gasteiger partial charge in [-0.15, -0.1) is 0 Å². The van der Waals surface area contributed by atoms with Gasteiger partial charge in [-0.05, 0) is 32.9 Å². The van der Waals surface area contributed by atoms with E-state index < -0.39 is 35.2 Å². The van der Waals surface area contributed by atoms with Crippen molar-refractivity contribution in [2.24, 2.45) is 5.92 Å². The van der Waals surface area contributed by atoms with Crippen LogP contribution in [0.3, 0.4) is 0 Å². The Labute approximate surface area is 155 Å². The highest BCUT2D eigenvalue weighted by molar-refractivity contribution is 6.02. The van der Waals surface area contributed by atoms with Crippen molar-refractivity contribution in [1.29, 1.82) is 0 Å². The van der Waals surface area contributed by atoms with Crippen LogP contribution in [0.25, 0.3) is 0 Å². The first-order chi connectivity index (χ1) is 12.5. The van der Waals surface area contributed by atoms with E-state index in [0.29, 0.717) is 0 Å². The van der Waals surface area contributed by atoms with Crippen LogP contribution in [-0.4, -0.2) is 63.9 Å². The summed E-state index contributed by atoms with van der Waals surface area (Å²) in [5.74, 6) is -2.34. The standard InChI is InChI=1S/C18H22FN3O5/c1-17(2,3)27-16(26)21-7-6-18(19)12(9-21)10-22(15(18)25)13-5-4-11(8-20-13)14(23)24/h4-5,8,12H,6-7,9-10H2,1-3H3,(H,23,24)/t12-,18+/m0/s1. The van der Waals surface area contributed by atoms with Crippen LogP contribution in [0.2, 0.25) is 0 Å². The fourth-order valence-corrected chi connectivity index (χ4v) is 3.38. The lowest BCUT2D eigenvalue weighted by molar-refractivity contribution is -0.131. The number of fused-ring (bicyclic) bond motifs is 1. The van der Waals surface area contributed by atoms with Crippen molar-refractivity contribution < 1.29 is 28.6 Å². The Bertz CT molecular complexity index is 776. The number of carbonyl (C=O) groups is 3. The number of amides is 2. The molecule has 0 aliphatic carbocycles. The number of carbonyl (C=O) groups excluding carboxylic acids is 2. The second kappa shape index (κ2) is 6.47. The van der Waals surface area contributed by atoms with Crippen LogP contribution >= 0.6 is 0 Å². The van der Waals surface area contributed by atoms with E-state index in [1.165, 1.54) is 21.9 Å². The minimum atomic E-state index is -2.06. The third kappa shape index (κ3) is 3.58. The number of halogens is 1. The van der Waals surface area contributed by atoms with Gasteiger partial charge in [-0.1, -0.05) is 0 Å². The molecule has 9 heteroatoms. The number of hydrogen-bond acceptors (Lipinski definition) is 5. The van der Waals surface area contributed by atoms with E-state index in [4.69, 9.17) is 9.84 Å². The summed E-state index contributed by atoms with van der Waals surface area (Å²) in [6.07, 6.45) is 0.490. The molecule has 2 atom stereocenters. The smallest absolute Gasteiger partial charge is 0.410 e. The van der Waals surface area contributed by atoms with Crippen LogP contribution in [-0.2, 0) is 9.53 Å². The van der Waals surface area contributed by atoms with Gasteiger partial charge in [0.2, 0.25) is 0 Å². The molecule has 8 nitrogen and oxygen atoms in total. The zero-order chi connectivity index (χ0) is 20.0. The fourth-order valence-electron chi connectivity index (χ4n) is 3.38. The summed E-state index contributed by atoms with van der Waals surface area (Å²) < 4.78 is 20.7. The summed E-state index contributed by atoms with van der Waals surface area (Å²) >= 11 is 0. The zero-order valence-electron chi connectivity index (χ0n) is 15.4. The quantitative estimate of drug-likeness (QED) is 0.845. The van der Waals surface area contributed by atoms with Crippen LogP contribution in [0.5, 0.6) is 0 Å². The van der Waals surface area contributed by atoms with Gasteiger partial charge in [-0.25, -0.2) is 19.0 Å². The molecule has 146 valence electrons. The predicted molar refractivity (Wildman–Crippen MR) is 93.3 cm³/mol. The van der Waals surface area contributed by atoms with Crippen molar-refractivity contribution in [2.75, 3.05) is 24.5 Å². The Balaban J connectivity index is 1.76. The lowest BCUT2D eigenvalue weighted by atomic mass is 9.85. The molecular formula is C18H22FN3O5. The van der Waals surface area contributed by atoms with Gasteiger partial charge in [-0.2, -0.15) is 0 Å². The third-order valence-corrected chi connectivity index (χ3v) is 4.76. The van der Waals surface area contributed by atoms with Crippen molar-refractivity contribution in [3.8, 4) is 0 Å². The number of anilines is 1. The number of hydrogen-bond donors (Lipinski definition) is 1. The van der Waals surface area contributed by atoms with Crippen molar-refractivity contribution in [3.05, 3.63) is 23.9 Å². The number of nitrogens with zero attached hydrogens (tertiary/aromatic N) is 3. The Morgan fingerprint density at radius 2 is 2.04 bits per heavy atom. The molecule has 2 fully saturated rings. The van der Waals surface area contributed by atoms with Crippen LogP contribution in [0, 0.1) is 5.92 Å². The van der Waals surface area contributed by atoms with E-state index in [2.05, 4.69) is 4.98 Å². The van der Waals surface area contributed by atoms with Gasteiger partial charge in [0.25, 0.3) is 5.91 Å². The van der Waals surface area contributed by atoms with Gasteiger partial charge < -0.3 is 14.7 Å². The lowest BCUT2D eigenvalue weighted by Crippen LogP contribution is -2.53. The normalized spacial score (nSPS) is 25.3. The first-order valence-electron chi connectivity index (χ1n) is 8.69. The molecule has 0 spiro atoms. The Hall–Kier alpha value is -2.71. The van der Waals surface area contributed by atoms with Gasteiger partial charge in [0, 0.05) is 38.2 Å². The highest BCUT2D eigenvalue weighted by Crippen LogP contribution is 2.41. The van der Waals surface area contributed by atoms with Crippen molar-refractivity contribution in [2.45, 2.75) is 38.5 Å². The van der Waals surface area contributed by atoms with E-state index >= 15 is 4.39 Å². The average molecular weight is 379 g/mol. The molecule has 3 heterocycles. The van der Waals surface area contributed by atoms with E-state index in [-0.39, 0.29) is 37.4 Å². The number of alkyl halides is 1. The molecule has 2 aliphatic rings. The zero-order valence-corrected chi connectivity index (χ0v) is 15.4. The van der Waals surface area contributed by atoms with Crippen LogP contribution in [0.4, 0.5) is 15.0 Å². The number of carboxylic acids is 1. The van der Waals surface area contributed by atoms with Crippen LogP contribution in [0.1, 0.15) is 37.6 Å². The van der Waals surface area contributed by atoms with Crippen LogP contribution in [0.15, 0.2) is 18.3 Å². The molecule has 0 radical (unpaired) electrons. The van der Waals surface area contributed by atoms with Gasteiger partial charge in [-0.3, -0.25) is 9.69 Å². The number of aromatic nitrogens is 1. The van der Waals surface area contributed by atoms with Crippen molar-refractivity contribution in [3.63, 3.8) is 0 Å². The molecular weight excluding hydrogens is 357 g/mol. The first-order valence-corrected chi connectivity index (χ1v) is 8.69. The van der Waals surface area contributed by atoms with E-state index in [1.54, 1.807) is 20.8 Å². The van der Waals surface area contributed by atoms with Gasteiger partial charge in [0.15, 0.2) is 5.67 Å². The Morgan fingerprint density at radius 1 is 1.33 bits per heavy atom. The van der Waals surface area contributed by atoms with Crippen molar-refractivity contribution in [1.82, 2.24) is 9.88 Å². The second-order valence-corrected chi connectivity index (χ2v) is 7.86. The van der Waals surface area contributed by atoms with E-state index in [1.807, 2.05) is 0 Å². The highest BCUT2D eigenvalue weighted by Gasteiger charge is 2.58. The van der Waals surface area contributed by atoms with E-state index in [0.717, 1.165) is 6.20 Å². The van der Waals surface area contributed by atoms with Crippen LogP contribution < -0.4 is 4.90 Å². The van der Waals surface area contributed by atoms with Gasteiger partial charge in [0.05, 0.1) is 5.56 Å². The Morgan fingerprint density at radius 3 is 2.59 bits per heavy atom. The summed E-state index contributed by atoms with van der Waals surface area (Å²) in [7, 11) is 0. The maximum atomic E-state index is 15.4. The summed E-state index contributed by atoms with van der Waals surface area (Å²) in [5.41, 5.74) is -2.74. The third-order valence-electron chi connectivity index (χ3n) is 4.76. The monoisotopic (exact) mass is 379 g/mol. The molecule has 0 aromatic carbocycles. The number of pyridine rings is 1. The molecule has 2 aliphatic heterocycles. The molecule has 2 saturated heterocycles. The molecule has 2 amide bonds. The van der Waals surface area contributed by atoms with Gasteiger partial charge >= 0.3 is 12.1 Å². The number of aromatic carboxylic acids is 1. The number of piperidine rings is 1. The topological polar surface area (TPSA) is 100 Å². The second-order valence-electron chi connectivity index (χ2n) is 7.86.